The second-order valence-electron chi connectivity index (χ2n) is 7.10. The molecule has 2 N–H and O–H groups in total. The zero-order valence-corrected chi connectivity index (χ0v) is 17.7. The van der Waals surface area contributed by atoms with Gasteiger partial charge >= 0.3 is 5.97 Å². The number of rotatable bonds is 6. The molecule has 0 spiro atoms. The van der Waals surface area contributed by atoms with Crippen molar-refractivity contribution in [1.29, 1.82) is 0 Å². The van der Waals surface area contributed by atoms with Crippen LogP contribution in [-0.4, -0.2) is 41.4 Å². The SMILES string of the molecule is COC(=O)CNC(=O)c1ccc(NC(=O)c2cc(-c3cccnc3)nc3ccccc23)cc1. The van der Waals surface area contributed by atoms with Gasteiger partial charge in [0.25, 0.3) is 11.8 Å². The van der Waals surface area contributed by atoms with Crippen LogP contribution in [0.4, 0.5) is 5.69 Å². The molecule has 0 bridgehead atoms. The first kappa shape index (κ1) is 21.6. The lowest BCUT2D eigenvalue weighted by atomic mass is 10.0. The number of para-hydroxylation sites is 1. The van der Waals surface area contributed by atoms with Crippen LogP contribution in [0, 0.1) is 0 Å². The van der Waals surface area contributed by atoms with Crippen molar-refractivity contribution in [1.82, 2.24) is 15.3 Å². The normalized spacial score (nSPS) is 10.5. The number of hydrogen-bond donors (Lipinski definition) is 2. The van der Waals surface area contributed by atoms with Gasteiger partial charge < -0.3 is 15.4 Å². The first-order valence-electron chi connectivity index (χ1n) is 10.1. The summed E-state index contributed by atoms with van der Waals surface area (Å²) in [6.07, 6.45) is 3.38. The summed E-state index contributed by atoms with van der Waals surface area (Å²) in [6, 6.07) is 19.2. The Labute approximate surface area is 189 Å². The molecule has 0 saturated heterocycles. The molecule has 8 nitrogen and oxygen atoms in total. The van der Waals surface area contributed by atoms with E-state index in [2.05, 4.69) is 25.3 Å². The van der Waals surface area contributed by atoms with Gasteiger partial charge in [-0.25, -0.2) is 4.98 Å². The summed E-state index contributed by atoms with van der Waals surface area (Å²) in [5.74, 6) is -1.26. The van der Waals surface area contributed by atoms with E-state index in [1.165, 1.54) is 7.11 Å². The highest BCUT2D eigenvalue weighted by Gasteiger charge is 2.15. The number of fused-ring (bicyclic) bond motifs is 1. The molecular weight excluding hydrogens is 420 g/mol. The molecule has 2 heterocycles. The number of anilines is 1. The van der Waals surface area contributed by atoms with E-state index >= 15 is 0 Å². The first-order chi connectivity index (χ1) is 16.0. The molecule has 2 amide bonds. The van der Waals surface area contributed by atoms with Crippen molar-refractivity contribution in [2.24, 2.45) is 0 Å². The number of nitrogens with one attached hydrogen (secondary N) is 2. The van der Waals surface area contributed by atoms with E-state index in [-0.39, 0.29) is 12.5 Å². The minimum absolute atomic E-state index is 0.220. The van der Waals surface area contributed by atoms with Gasteiger partial charge in [0.05, 0.1) is 23.9 Å². The number of ether oxygens (including phenoxy) is 1. The van der Waals surface area contributed by atoms with Gasteiger partial charge in [0, 0.05) is 34.6 Å². The summed E-state index contributed by atoms with van der Waals surface area (Å²) in [4.78, 5) is 45.2. The monoisotopic (exact) mass is 440 g/mol. The predicted molar refractivity (Wildman–Crippen MR) is 124 cm³/mol. The number of carbonyl (C=O) groups excluding carboxylic acids is 3. The second kappa shape index (κ2) is 9.69. The first-order valence-corrected chi connectivity index (χ1v) is 10.1. The molecule has 2 aromatic carbocycles. The van der Waals surface area contributed by atoms with Gasteiger partial charge in [-0.3, -0.25) is 19.4 Å². The van der Waals surface area contributed by atoms with Crippen molar-refractivity contribution in [3.63, 3.8) is 0 Å². The van der Waals surface area contributed by atoms with E-state index in [9.17, 15) is 14.4 Å². The van der Waals surface area contributed by atoms with Crippen LogP contribution in [0.5, 0.6) is 0 Å². The van der Waals surface area contributed by atoms with E-state index in [1.54, 1.807) is 42.7 Å². The van der Waals surface area contributed by atoms with Gasteiger partial charge in [-0.1, -0.05) is 18.2 Å². The largest absolute Gasteiger partial charge is 0.468 e. The fourth-order valence-corrected chi connectivity index (χ4v) is 3.26. The molecule has 0 radical (unpaired) electrons. The third-order valence-corrected chi connectivity index (χ3v) is 4.94. The Morgan fingerprint density at radius 3 is 2.45 bits per heavy atom. The lowest BCUT2D eigenvalue weighted by Crippen LogP contribution is -2.30. The third kappa shape index (κ3) is 5.01. The summed E-state index contributed by atoms with van der Waals surface area (Å²) in [6.45, 7) is -0.220. The van der Waals surface area contributed by atoms with E-state index in [0.717, 1.165) is 10.9 Å². The molecule has 2 aromatic heterocycles. The number of hydrogen-bond acceptors (Lipinski definition) is 6. The van der Waals surface area contributed by atoms with Crippen LogP contribution in [0.3, 0.4) is 0 Å². The lowest BCUT2D eigenvalue weighted by Gasteiger charge is -2.11. The smallest absolute Gasteiger partial charge is 0.325 e. The Hall–Kier alpha value is -4.59. The summed E-state index contributed by atoms with van der Waals surface area (Å²) in [5.41, 5.74) is 3.49. The van der Waals surface area contributed by atoms with Gasteiger partial charge in [-0.15, -0.1) is 0 Å². The third-order valence-electron chi connectivity index (χ3n) is 4.94. The Kier molecular flexibility index (Phi) is 6.36. The summed E-state index contributed by atoms with van der Waals surface area (Å²) < 4.78 is 4.50. The number of pyridine rings is 2. The van der Waals surface area contributed by atoms with Crippen LogP contribution in [0.2, 0.25) is 0 Å². The highest BCUT2D eigenvalue weighted by molar-refractivity contribution is 6.13. The van der Waals surface area contributed by atoms with Gasteiger partial charge in [0.15, 0.2) is 0 Å². The number of aromatic nitrogens is 2. The minimum atomic E-state index is -0.539. The molecule has 8 heteroatoms. The Morgan fingerprint density at radius 1 is 0.939 bits per heavy atom. The average molecular weight is 440 g/mol. The molecule has 0 unspecified atom stereocenters. The predicted octanol–water partition coefficient (Wildman–Crippen LogP) is 3.45. The van der Waals surface area contributed by atoms with Gasteiger partial charge in [-0.05, 0) is 48.5 Å². The van der Waals surface area contributed by atoms with E-state index in [4.69, 9.17) is 0 Å². The molecule has 0 aliphatic heterocycles. The van der Waals surface area contributed by atoms with Gasteiger partial charge in [0.2, 0.25) is 0 Å². The fourth-order valence-electron chi connectivity index (χ4n) is 3.26. The molecule has 0 aliphatic carbocycles. The van der Waals surface area contributed by atoms with Crippen LogP contribution in [0.15, 0.2) is 79.1 Å². The number of benzene rings is 2. The highest BCUT2D eigenvalue weighted by Crippen LogP contribution is 2.25. The number of methoxy groups -OCH3 is 1. The standard InChI is InChI=1S/C25H20N4O4/c1-33-23(30)15-27-24(31)16-8-10-18(11-9-16)28-25(32)20-13-22(17-5-4-12-26-14-17)29-21-7-3-2-6-19(20)21/h2-14H,15H2,1H3,(H,27,31)(H,28,32). The number of amides is 2. The van der Waals surface area contributed by atoms with Gasteiger partial charge in [-0.2, -0.15) is 0 Å². The average Bonchev–Trinajstić information content (AvgIpc) is 2.87. The van der Waals surface area contributed by atoms with Crippen LogP contribution < -0.4 is 10.6 Å². The molecule has 4 rings (SSSR count). The van der Waals surface area contributed by atoms with Crippen LogP contribution in [0.25, 0.3) is 22.2 Å². The zero-order chi connectivity index (χ0) is 23.2. The molecular formula is C25H20N4O4. The van der Waals surface area contributed by atoms with Crippen LogP contribution >= 0.6 is 0 Å². The molecule has 0 saturated carbocycles. The Morgan fingerprint density at radius 2 is 1.73 bits per heavy atom. The quantitative estimate of drug-likeness (QED) is 0.445. The highest BCUT2D eigenvalue weighted by atomic mass is 16.5. The molecule has 0 aliphatic rings. The van der Waals surface area contributed by atoms with Crippen molar-refractivity contribution in [3.8, 4) is 11.3 Å². The Balaban J connectivity index is 1.57. The fraction of sp³-hybridized carbons (Fsp3) is 0.0800. The summed E-state index contributed by atoms with van der Waals surface area (Å²) >= 11 is 0. The van der Waals surface area contributed by atoms with Crippen LogP contribution in [0.1, 0.15) is 20.7 Å². The molecule has 164 valence electrons. The zero-order valence-electron chi connectivity index (χ0n) is 17.7. The maximum atomic E-state index is 13.2. The lowest BCUT2D eigenvalue weighted by molar-refractivity contribution is -0.139. The van der Waals surface area contributed by atoms with Crippen molar-refractivity contribution in [2.45, 2.75) is 0 Å². The van der Waals surface area contributed by atoms with Crippen molar-refractivity contribution < 1.29 is 19.1 Å². The van der Waals surface area contributed by atoms with Crippen molar-refractivity contribution in [2.75, 3.05) is 19.0 Å². The molecule has 0 fully saturated rings. The second-order valence-corrected chi connectivity index (χ2v) is 7.10. The molecule has 0 atom stereocenters. The maximum Gasteiger partial charge on any atom is 0.325 e. The minimum Gasteiger partial charge on any atom is -0.468 e. The molecule has 4 aromatic rings. The number of nitrogens with zero attached hydrogens (tertiary/aromatic N) is 2. The van der Waals surface area contributed by atoms with Gasteiger partial charge in [0.1, 0.15) is 6.54 Å². The van der Waals surface area contributed by atoms with Crippen molar-refractivity contribution in [3.05, 3.63) is 90.3 Å². The summed E-state index contributed by atoms with van der Waals surface area (Å²) in [5, 5.41) is 6.05. The van der Waals surface area contributed by atoms with Crippen molar-refractivity contribution >= 4 is 34.4 Å². The summed E-state index contributed by atoms with van der Waals surface area (Å²) in [7, 11) is 1.25. The molecule has 33 heavy (non-hydrogen) atoms. The van der Waals surface area contributed by atoms with Crippen LogP contribution in [-0.2, 0) is 9.53 Å². The maximum absolute atomic E-state index is 13.2. The number of esters is 1. The van der Waals surface area contributed by atoms with E-state index < -0.39 is 11.9 Å². The van der Waals surface area contributed by atoms with E-state index in [1.807, 2.05) is 36.4 Å². The van der Waals surface area contributed by atoms with E-state index in [0.29, 0.717) is 28.0 Å². The Bertz CT molecular complexity index is 1320. The topological polar surface area (TPSA) is 110 Å². The number of carbonyl (C=O) groups is 3.